The van der Waals surface area contributed by atoms with Crippen molar-refractivity contribution in [2.75, 3.05) is 11.9 Å². The number of aromatic nitrogens is 3. The van der Waals surface area contributed by atoms with Crippen LogP contribution >= 0.6 is 22.7 Å². The van der Waals surface area contributed by atoms with E-state index in [0.717, 1.165) is 40.7 Å². The Bertz CT molecular complexity index is 856. The van der Waals surface area contributed by atoms with Gasteiger partial charge < -0.3 is 10.1 Å². The molecule has 1 aliphatic rings. The molecule has 25 heavy (non-hydrogen) atoms. The van der Waals surface area contributed by atoms with Crippen LogP contribution < -0.4 is 5.32 Å². The summed E-state index contributed by atoms with van der Waals surface area (Å²) in [6, 6.07) is 9.94. The SMILES string of the molecule is O=C(Cc1csc(-c2ccccc2)n1)Nc1nnc([C@@H]2CCCO2)s1. The number of nitrogens with zero attached hydrogens (tertiary/aromatic N) is 3. The maximum Gasteiger partial charge on any atom is 0.232 e. The van der Waals surface area contributed by atoms with Gasteiger partial charge in [-0.3, -0.25) is 4.79 Å². The van der Waals surface area contributed by atoms with Gasteiger partial charge >= 0.3 is 0 Å². The molecule has 1 aliphatic heterocycles. The van der Waals surface area contributed by atoms with Gasteiger partial charge in [-0.15, -0.1) is 21.5 Å². The van der Waals surface area contributed by atoms with Crippen molar-refractivity contribution < 1.29 is 9.53 Å². The zero-order chi connectivity index (χ0) is 17.1. The van der Waals surface area contributed by atoms with E-state index >= 15 is 0 Å². The van der Waals surface area contributed by atoms with E-state index in [0.29, 0.717) is 5.13 Å². The number of nitrogens with one attached hydrogen (secondary N) is 1. The van der Waals surface area contributed by atoms with Gasteiger partial charge in [-0.25, -0.2) is 4.98 Å². The maximum atomic E-state index is 12.2. The number of anilines is 1. The summed E-state index contributed by atoms with van der Waals surface area (Å²) in [5, 5.41) is 15.1. The first kappa shape index (κ1) is 16.3. The number of hydrogen-bond acceptors (Lipinski definition) is 7. The predicted molar refractivity (Wildman–Crippen MR) is 97.7 cm³/mol. The zero-order valence-electron chi connectivity index (χ0n) is 13.3. The lowest BCUT2D eigenvalue weighted by atomic mass is 10.2. The summed E-state index contributed by atoms with van der Waals surface area (Å²) in [5.74, 6) is -0.139. The number of carbonyl (C=O) groups excluding carboxylic acids is 1. The normalized spacial score (nSPS) is 16.9. The van der Waals surface area contributed by atoms with E-state index in [1.54, 1.807) is 0 Å². The molecule has 4 rings (SSSR count). The van der Waals surface area contributed by atoms with E-state index in [-0.39, 0.29) is 18.4 Å². The number of benzene rings is 1. The lowest BCUT2D eigenvalue weighted by Crippen LogP contribution is -2.14. The zero-order valence-corrected chi connectivity index (χ0v) is 15.0. The number of amides is 1. The van der Waals surface area contributed by atoms with Crippen LogP contribution in [0.15, 0.2) is 35.7 Å². The average molecular weight is 372 g/mol. The summed E-state index contributed by atoms with van der Waals surface area (Å²) in [6.45, 7) is 0.763. The highest BCUT2D eigenvalue weighted by molar-refractivity contribution is 7.15. The molecule has 0 bridgehead atoms. The van der Waals surface area contributed by atoms with Crippen molar-refractivity contribution >= 4 is 33.7 Å². The van der Waals surface area contributed by atoms with Crippen LogP contribution in [0.4, 0.5) is 5.13 Å². The first-order valence-corrected chi connectivity index (χ1v) is 9.72. The van der Waals surface area contributed by atoms with E-state index < -0.39 is 0 Å². The summed E-state index contributed by atoms with van der Waals surface area (Å²) in [4.78, 5) is 16.8. The molecule has 3 aromatic rings. The van der Waals surface area contributed by atoms with Gasteiger partial charge in [0, 0.05) is 17.6 Å². The first-order valence-electron chi connectivity index (χ1n) is 8.02. The number of carbonyl (C=O) groups is 1. The van der Waals surface area contributed by atoms with Crippen LogP contribution in [0.3, 0.4) is 0 Å². The summed E-state index contributed by atoms with van der Waals surface area (Å²) in [6.07, 6.45) is 2.25. The minimum Gasteiger partial charge on any atom is -0.371 e. The molecule has 6 nitrogen and oxygen atoms in total. The molecule has 0 radical (unpaired) electrons. The van der Waals surface area contributed by atoms with Crippen molar-refractivity contribution in [1.29, 1.82) is 0 Å². The van der Waals surface area contributed by atoms with Crippen LogP contribution in [0.25, 0.3) is 10.6 Å². The van der Waals surface area contributed by atoms with Crippen LogP contribution in [0.2, 0.25) is 0 Å². The topological polar surface area (TPSA) is 77.0 Å². The van der Waals surface area contributed by atoms with Crippen molar-refractivity contribution in [2.24, 2.45) is 0 Å². The second kappa shape index (κ2) is 7.38. The van der Waals surface area contributed by atoms with Crippen LogP contribution in [-0.4, -0.2) is 27.7 Å². The van der Waals surface area contributed by atoms with Crippen molar-refractivity contribution in [1.82, 2.24) is 15.2 Å². The second-order valence-electron chi connectivity index (χ2n) is 5.68. The van der Waals surface area contributed by atoms with Gasteiger partial charge in [0.05, 0.1) is 12.1 Å². The van der Waals surface area contributed by atoms with Crippen molar-refractivity contribution in [2.45, 2.75) is 25.4 Å². The fourth-order valence-electron chi connectivity index (χ4n) is 2.62. The van der Waals surface area contributed by atoms with Gasteiger partial charge in [-0.05, 0) is 12.8 Å². The number of thiazole rings is 1. The van der Waals surface area contributed by atoms with Crippen LogP contribution in [0.1, 0.15) is 29.6 Å². The third kappa shape index (κ3) is 3.92. The number of ether oxygens (including phenoxy) is 1. The quantitative estimate of drug-likeness (QED) is 0.739. The van der Waals surface area contributed by atoms with Crippen LogP contribution in [0, 0.1) is 0 Å². The van der Waals surface area contributed by atoms with E-state index in [1.807, 2.05) is 35.7 Å². The molecule has 1 atom stereocenters. The lowest BCUT2D eigenvalue weighted by Gasteiger charge is -2.02. The van der Waals surface area contributed by atoms with Crippen molar-refractivity contribution in [3.63, 3.8) is 0 Å². The molecule has 1 fully saturated rings. The Labute approximate surface area is 152 Å². The van der Waals surface area contributed by atoms with Gasteiger partial charge in [0.25, 0.3) is 0 Å². The lowest BCUT2D eigenvalue weighted by molar-refractivity contribution is -0.115. The summed E-state index contributed by atoms with van der Waals surface area (Å²) < 4.78 is 5.58. The van der Waals surface area contributed by atoms with Crippen LogP contribution in [-0.2, 0) is 16.0 Å². The third-order valence-corrected chi connectivity index (χ3v) is 5.68. The molecule has 2 aromatic heterocycles. The molecule has 0 saturated carbocycles. The molecule has 1 aromatic carbocycles. The van der Waals surface area contributed by atoms with Gasteiger partial charge in [-0.2, -0.15) is 0 Å². The smallest absolute Gasteiger partial charge is 0.232 e. The monoisotopic (exact) mass is 372 g/mol. The molecular formula is C17H16N4O2S2. The highest BCUT2D eigenvalue weighted by Crippen LogP contribution is 2.32. The minimum absolute atomic E-state index is 0.0233. The fourth-order valence-corrected chi connectivity index (χ4v) is 4.29. The molecular weight excluding hydrogens is 356 g/mol. The van der Waals surface area contributed by atoms with Crippen LogP contribution in [0.5, 0.6) is 0 Å². The Morgan fingerprint density at radius 2 is 2.16 bits per heavy atom. The molecule has 8 heteroatoms. The van der Waals surface area contributed by atoms with E-state index in [1.165, 1.54) is 22.7 Å². The Morgan fingerprint density at radius 1 is 1.28 bits per heavy atom. The first-order chi connectivity index (χ1) is 12.3. The highest BCUT2D eigenvalue weighted by Gasteiger charge is 2.22. The maximum absolute atomic E-state index is 12.2. The Morgan fingerprint density at radius 3 is 2.96 bits per heavy atom. The second-order valence-corrected chi connectivity index (χ2v) is 7.55. The third-order valence-electron chi connectivity index (χ3n) is 3.81. The number of rotatable bonds is 5. The van der Waals surface area contributed by atoms with Crippen molar-refractivity contribution in [3.05, 3.63) is 46.4 Å². The van der Waals surface area contributed by atoms with Gasteiger partial charge in [0.2, 0.25) is 11.0 Å². The van der Waals surface area contributed by atoms with Crippen molar-refractivity contribution in [3.8, 4) is 10.6 Å². The minimum atomic E-state index is -0.139. The summed E-state index contributed by atoms with van der Waals surface area (Å²) in [5.41, 5.74) is 1.81. The van der Waals surface area contributed by atoms with Gasteiger partial charge in [0.1, 0.15) is 16.1 Å². The van der Waals surface area contributed by atoms with E-state index in [4.69, 9.17) is 4.74 Å². The predicted octanol–water partition coefficient (Wildman–Crippen LogP) is 3.69. The number of hydrogen-bond donors (Lipinski definition) is 1. The Kier molecular flexibility index (Phi) is 4.82. The summed E-state index contributed by atoms with van der Waals surface area (Å²) in [7, 11) is 0. The van der Waals surface area contributed by atoms with Gasteiger partial charge in [0.15, 0.2) is 0 Å². The van der Waals surface area contributed by atoms with E-state index in [9.17, 15) is 4.79 Å². The van der Waals surface area contributed by atoms with Gasteiger partial charge in [-0.1, -0.05) is 41.7 Å². The summed E-state index contributed by atoms with van der Waals surface area (Å²) >= 11 is 2.91. The molecule has 1 saturated heterocycles. The molecule has 0 spiro atoms. The molecule has 3 heterocycles. The average Bonchev–Trinajstić information content (AvgIpc) is 3.37. The Hall–Kier alpha value is -2.16. The molecule has 1 amide bonds. The Balaban J connectivity index is 1.37. The largest absolute Gasteiger partial charge is 0.371 e. The molecule has 1 N–H and O–H groups in total. The van der Waals surface area contributed by atoms with E-state index in [2.05, 4.69) is 20.5 Å². The molecule has 0 unspecified atom stereocenters. The standard InChI is InChI=1S/C17H16N4O2S2/c22-14(19-17-21-20-16(25-17)13-7-4-8-23-13)9-12-10-24-15(18-12)11-5-2-1-3-6-11/h1-3,5-6,10,13H,4,7-9H2,(H,19,21,22)/t13-/m0/s1. The highest BCUT2D eigenvalue weighted by atomic mass is 32.1. The fraction of sp³-hybridized carbons (Fsp3) is 0.294. The molecule has 0 aliphatic carbocycles. The molecule has 128 valence electrons.